The van der Waals surface area contributed by atoms with E-state index in [0.29, 0.717) is 6.54 Å². The molecule has 6 nitrogen and oxygen atoms in total. The first-order valence-electron chi connectivity index (χ1n) is 7.43. The van der Waals surface area contributed by atoms with E-state index >= 15 is 0 Å². The lowest BCUT2D eigenvalue weighted by molar-refractivity contribution is 0.627. The molecule has 3 aromatic heterocycles. The topological polar surface area (TPSA) is 67.7 Å². The number of rotatable bonds is 4. The van der Waals surface area contributed by atoms with Crippen molar-refractivity contribution < 1.29 is 4.39 Å². The van der Waals surface area contributed by atoms with E-state index in [9.17, 15) is 4.39 Å². The minimum Gasteiger partial charge on any atom is -0.371 e. The molecule has 2 N–H and O–H groups in total. The Labute approximate surface area is 141 Å². The van der Waals surface area contributed by atoms with Gasteiger partial charge in [0.1, 0.15) is 27.2 Å². The van der Waals surface area contributed by atoms with Crippen LogP contribution in [0.2, 0.25) is 0 Å². The molecule has 8 heteroatoms. The van der Waals surface area contributed by atoms with Gasteiger partial charge in [0.05, 0.1) is 6.33 Å². The maximum atomic E-state index is 13.0. The van der Waals surface area contributed by atoms with Gasteiger partial charge in [-0.1, -0.05) is 23.5 Å². The fourth-order valence-corrected chi connectivity index (χ4v) is 3.45. The number of nitrogens with zero attached hydrogens (tertiary/aromatic N) is 4. The molecule has 0 amide bonds. The smallest absolute Gasteiger partial charge is 0.185 e. The normalized spacial score (nSPS) is 11.3. The number of hydrogen-bond donors (Lipinski definition) is 2. The van der Waals surface area contributed by atoms with Crippen molar-refractivity contribution in [1.29, 1.82) is 0 Å². The molecule has 24 heavy (non-hydrogen) atoms. The molecule has 0 bridgehead atoms. The van der Waals surface area contributed by atoms with E-state index in [0.717, 1.165) is 37.9 Å². The summed E-state index contributed by atoms with van der Waals surface area (Å²) in [4.78, 5) is 14.5. The van der Waals surface area contributed by atoms with Crippen LogP contribution in [0.1, 0.15) is 5.56 Å². The summed E-state index contributed by atoms with van der Waals surface area (Å²) < 4.78 is 14.9. The Morgan fingerprint density at radius 1 is 1.17 bits per heavy atom. The summed E-state index contributed by atoms with van der Waals surface area (Å²) in [5.41, 5.74) is 3.58. The van der Waals surface area contributed by atoms with Crippen LogP contribution in [0.3, 0.4) is 0 Å². The molecular weight excluding hydrogens is 327 g/mol. The highest BCUT2D eigenvalue weighted by atomic mass is 32.1. The van der Waals surface area contributed by atoms with Gasteiger partial charge < -0.3 is 15.2 Å². The SMILES string of the molecule is CNc1nc2sc(NCc3ccc(F)cc3)nc2c2c1ncn2C. The summed E-state index contributed by atoms with van der Waals surface area (Å²) >= 11 is 1.49. The van der Waals surface area contributed by atoms with Crippen LogP contribution in [-0.2, 0) is 13.6 Å². The van der Waals surface area contributed by atoms with E-state index in [4.69, 9.17) is 0 Å². The number of aromatic nitrogens is 4. The predicted molar refractivity (Wildman–Crippen MR) is 95.0 cm³/mol. The average Bonchev–Trinajstić information content (AvgIpc) is 3.17. The zero-order valence-corrected chi connectivity index (χ0v) is 14.0. The minimum atomic E-state index is -0.235. The van der Waals surface area contributed by atoms with Gasteiger partial charge in [-0.25, -0.2) is 19.3 Å². The van der Waals surface area contributed by atoms with Gasteiger partial charge in [0.2, 0.25) is 0 Å². The summed E-state index contributed by atoms with van der Waals surface area (Å²) in [5.74, 6) is 0.507. The lowest BCUT2D eigenvalue weighted by Gasteiger charge is -2.02. The van der Waals surface area contributed by atoms with Crippen LogP contribution in [0, 0.1) is 5.82 Å². The van der Waals surface area contributed by atoms with Crippen molar-refractivity contribution in [2.24, 2.45) is 7.05 Å². The second kappa shape index (κ2) is 5.72. The summed E-state index contributed by atoms with van der Waals surface area (Å²) in [6.07, 6.45) is 1.76. The largest absolute Gasteiger partial charge is 0.371 e. The molecule has 122 valence electrons. The number of aryl methyl sites for hydroxylation is 1. The van der Waals surface area contributed by atoms with Crippen LogP contribution in [0.4, 0.5) is 15.3 Å². The first kappa shape index (κ1) is 14.8. The highest BCUT2D eigenvalue weighted by Crippen LogP contribution is 2.33. The number of nitrogens with one attached hydrogen (secondary N) is 2. The molecule has 0 aliphatic rings. The molecule has 4 aromatic rings. The number of anilines is 2. The first-order valence-corrected chi connectivity index (χ1v) is 8.25. The second-order valence-electron chi connectivity index (χ2n) is 5.42. The molecule has 0 atom stereocenters. The average molecular weight is 342 g/mol. The van der Waals surface area contributed by atoms with Crippen LogP contribution in [-0.4, -0.2) is 26.6 Å². The van der Waals surface area contributed by atoms with E-state index < -0.39 is 0 Å². The zero-order valence-electron chi connectivity index (χ0n) is 13.2. The summed E-state index contributed by atoms with van der Waals surface area (Å²) in [6.45, 7) is 0.577. The Morgan fingerprint density at radius 2 is 1.96 bits per heavy atom. The standard InChI is InChI=1S/C16H15FN6S/c1-18-14-11-13(23(2)8-20-11)12-15(22-14)24-16(21-12)19-7-9-3-5-10(17)6-4-9/h3-6,8H,7H2,1-2H3,(H,18,22)(H,19,21). The maximum Gasteiger partial charge on any atom is 0.185 e. The van der Waals surface area contributed by atoms with Gasteiger partial charge in [0.25, 0.3) is 0 Å². The highest BCUT2D eigenvalue weighted by molar-refractivity contribution is 7.21. The van der Waals surface area contributed by atoms with Gasteiger partial charge >= 0.3 is 0 Å². The van der Waals surface area contributed by atoms with Crippen molar-refractivity contribution in [1.82, 2.24) is 19.5 Å². The molecule has 0 radical (unpaired) electrons. The third kappa shape index (κ3) is 2.44. The van der Waals surface area contributed by atoms with Gasteiger partial charge in [0.15, 0.2) is 10.9 Å². The van der Waals surface area contributed by atoms with Gasteiger partial charge in [-0.3, -0.25) is 0 Å². The number of fused-ring (bicyclic) bond motifs is 3. The lowest BCUT2D eigenvalue weighted by atomic mass is 10.2. The van der Waals surface area contributed by atoms with E-state index in [1.807, 2.05) is 18.7 Å². The summed E-state index contributed by atoms with van der Waals surface area (Å²) in [7, 11) is 3.77. The number of hydrogen-bond acceptors (Lipinski definition) is 6. The van der Waals surface area contributed by atoms with E-state index in [2.05, 4.69) is 25.6 Å². The lowest BCUT2D eigenvalue weighted by Crippen LogP contribution is -1.98. The molecule has 3 heterocycles. The molecule has 0 spiro atoms. The third-order valence-electron chi connectivity index (χ3n) is 3.80. The van der Waals surface area contributed by atoms with Gasteiger partial charge in [-0.2, -0.15) is 0 Å². The zero-order chi connectivity index (χ0) is 16.7. The Balaban J connectivity index is 1.71. The number of benzene rings is 1. The number of pyridine rings is 1. The molecule has 1 aromatic carbocycles. The third-order valence-corrected chi connectivity index (χ3v) is 4.71. The van der Waals surface area contributed by atoms with Crippen molar-refractivity contribution in [3.05, 3.63) is 42.0 Å². The van der Waals surface area contributed by atoms with Crippen LogP contribution >= 0.6 is 11.3 Å². The van der Waals surface area contributed by atoms with Crippen molar-refractivity contribution in [3.63, 3.8) is 0 Å². The number of thiazole rings is 1. The van der Waals surface area contributed by atoms with Crippen LogP contribution in [0.25, 0.3) is 21.4 Å². The molecule has 0 saturated carbocycles. The quantitative estimate of drug-likeness (QED) is 0.595. The Kier molecular flexibility index (Phi) is 3.53. The number of halogens is 1. The van der Waals surface area contributed by atoms with Crippen molar-refractivity contribution in [2.75, 3.05) is 17.7 Å². The molecule has 0 aliphatic carbocycles. The molecule has 4 rings (SSSR count). The van der Waals surface area contributed by atoms with Crippen LogP contribution in [0.5, 0.6) is 0 Å². The fourth-order valence-electron chi connectivity index (χ4n) is 2.61. The maximum absolute atomic E-state index is 13.0. The van der Waals surface area contributed by atoms with Gasteiger partial charge in [0, 0.05) is 20.6 Å². The van der Waals surface area contributed by atoms with Crippen LogP contribution in [0.15, 0.2) is 30.6 Å². The Hall–Kier alpha value is -2.74. The highest BCUT2D eigenvalue weighted by Gasteiger charge is 2.16. The molecular formula is C16H15FN6S. The molecule has 0 aliphatic heterocycles. The molecule has 0 fully saturated rings. The van der Waals surface area contributed by atoms with Crippen molar-refractivity contribution in [2.45, 2.75) is 6.54 Å². The van der Waals surface area contributed by atoms with Crippen molar-refractivity contribution >= 4 is 43.7 Å². The Morgan fingerprint density at radius 3 is 2.71 bits per heavy atom. The molecule has 0 saturated heterocycles. The van der Waals surface area contributed by atoms with Crippen LogP contribution < -0.4 is 10.6 Å². The summed E-state index contributed by atoms with van der Waals surface area (Å²) in [5, 5.41) is 7.14. The van der Waals surface area contributed by atoms with E-state index in [-0.39, 0.29) is 5.82 Å². The minimum absolute atomic E-state index is 0.235. The van der Waals surface area contributed by atoms with E-state index in [1.54, 1.807) is 18.5 Å². The molecule has 0 unspecified atom stereocenters. The summed E-state index contributed by atoms with van der Waals surface area (Å²) in [6, 6.07) is 6.42. The van der Waals surface area contributed by atoms with Crippen molar-refractivity contribution in [3.8, 4) is 0 Å². The number of imidazole rings is 1. The van der Waals surface area contributed by atoms with E-state index in [1.165, 1.54) is 23.5 Å². The monoisotopic (exact) mass is 342 g/mol. The fraction of sp³-hybridized carbons (Fsp3) is 0.188. The first-order chi connectivity index (χ1) is 11.7. The van der Waals surface area contributed by atoms with Gasteiger partial charge in [-0.15, -0.1) is 0 Å². The second-order valence-corrected chi connectivity index (χ2v) is 6.39. The predicted octanol–water partition coefficient (Wildman–Crippen LogP) is 3.37. The van der Waals surface area contributed by atoms with Gasteiger partial charge in [-0.05, 0) is 17.7 Å². The Bertz CT molecular complexity index is 1020.